The van der Waals surface area contributed by atoms with Gasteiger partial charge in [-0.05, 0) is 50.5 Å². The molecule has 1 aromatic carbocycles. The molecule has 24 heavy (non-hydrogen) atoms. The van der Waals surface area contributed by atoms with Crippen molar-refractivity contribution in [2.45, 2.75) is 38.3 Å². The normalized spacial score (nSPS) is 20.0. The zero-order valence-electron chi connectivity index (χ0n) is 14.4. The summed E-state index contributed by atoms with van der Waals surface area (Å²) >= 11 is 0. The summed E-state index contributed by atoms with van der Waals surface area (Å²) in [5, 5.41) is 11.2. The lowest BCUT2D eigenvalue weighted by Gasteiger charge is -2.37. The van der Waals surface area contributed by atoms with Gasteiger partial charge in [0.2, 0.25) is 0 Å². The Morgan fingerprint density at radius 1 is 1.33 bits per heavy atom. The van der Waals surface area contributed by atoms with Gasteiger partial charge in [-0.1, -0.05) is 12.1 Å². The first-order chi connectivity index (χ1) is 11.4. The number of carbonyl (C=O) groups excluding carboxylic acids is 1. The number of likely N-dealkylation sites (tertiary alicyclic amines) is 1. The highest BCUT2D eigenvalue weighted by molar-refractivity contribution is 5.95. The van der Waals surface area contributed by atoms with E-state index >= 15 is 0 Å². The molecule has 1 amide bonds. The quantitative estimate of drug-likeness (QED) is 0.907. The molecule has 2 heterocycles. The van der Waals surface area contributed by atoms with Crippen molar-refractivity contribution in [1.29, 1.82) is 0 Å². The zero-order chi connectivity index (χ0) is 17.3. The van der Waals surface area contributed by atoms with Gasteiger partial charge in [0.15, 0.2) is 0 Å². The Morgan fingerprint density at radius 2 is 2.04 bits per heavy atom. The van der Waals surface area contributed by atoms with E-state index in [1.54, 1.807) is 31.2 Å². The number of aromatic amines is 1. The van der Waals surface area contributed by atoms with Crippen LogP contribution in [-0.4, -0.2) is 40.6 Å². The minimum absolute atomic E-state index is 0.0231. The molecule has 0 radical (unpaired) electrons. The smallest absolute Gasteiger partial charge is 0.256 e. The summed E-state index contributed by atoms with van der Waals surface area (Å²) in [6, 6.07) is 8.95. The molecule has 2 aromatic rings. The third-order valence-corrected chi connectivity index (χ3v) is 5.02. The average molecular weight is 328 g/mol. The minimum Gasteiger partial charge on any atom is -0.497 e. The highest BCUT2D eigenvalue weighted by Gasteiger charge is 2.43. The van der Waals surface area contributed by atoms with Crippen LogP contribution in [0.15, 0.2) is 36.5 Å². The largest absolute Gasteiger partial charge is 0.497 e. The maximum Gasteiger partial charge on any atom is 0.256 e. The minimum atomic E-state index is -1.11. The first-order valence-corrected chi connectivity index (χ1v) is 8.27. The van der Waals surface area contributed by atoms with Gasteiger partial charge in [-0.25, -0.2) is 0 Å². The van der Waals surface area contributed by atoms with Gasteiger partial charge < -0.3 is 19.7 Å². The molecule has 1 aromatic heterocycles. The van der Waals surface area contributed by atoms with Crippen molar-refractivity contribution >= 4 is 5.91 Å². The van der Waals surface area contributed by atoms with E-state index in [1.807, 2.05) is 31.2 Å². The van der Waals surface area contributed by atoms with E-state index in [1.165, 1.54) is 0 Å². The number of H-pyrrole nitrogens is 1. The number of methoxy groups -OCH3 is 1. The molecule has 5 nitrogen and oxygen atoms in total. The van der Waals surface area contributed by atoms with Crippen molar-refractivity contribution in [3.8, 4) is 5.75 Å². The molecule has 0 aliphatic carbocycles. The predicted molar refractivity (Wildman–Crippen MR) is 92.2 cm³/mol. The van der Waals surface area contributed by atoms with Crippen LogP contribution in [0.2, 0.25) is 0 Å². The van der Waals surface area contributed by atoms with E-state index in [9.17, 15) is 9.90 Å². The number of nitrogens with one attached hydrogen (secondary N) is 1. The Morgan fingerprint density at radius 3 is 2.62 bits per heavy atom. The van der Waals surface area contributed by atoms with Gasteiger partial charge in [-0.2, -0.15) is 0 Å². The van der Waals surface area contributed by atoms with Crippen molar-refractivity contribution in [3.63, 3.8) is 0 Å². The molecule has 1 aliphatic rings. The summed E-state index contributed by atoms with van der Waals surface area (Å²) in [5.74, 6) is 0.724. The fourth-order valence-corrected chi connectivity index (χ4v) is 3.55. The molecule has 2 N–H and O–H groups in total. The van der Waals surface area contributed by atoms with Gasteiger partial charge in [0.25, 0.3) is 5.91 Å². The molecule has 1 aliphatic heterocycles. The average Bonchev–Trinajstić information content (AvgIpc) is 3.23. The highest BCUT2D eigenvalue weighted by atomic mass is 16.5. The molecule has 0 spiro atoms. The number of rotatable bonds is 4. The highest BCUT2D eigenvalue weighted by Crippen LogP contribution is 2.36. The maximum atomic E-state index is 12.9. The fraction of sp³-hybridized carbons (Fsp3) is 0.421. The maximum absolute atomic E-state index is 12.9. The van der Waals surface area contributed by atoms with Gasteiger partial charge in [-0.15, -0.1) is 0 Å². The van der Waals surface area contributed by atoms with E-state index < -0.39 is 5.60 Å². The van der Waals surface area contributed by atoms with Gasteiger partial charge in [0, 0.05) is 18.4 Å². The van der Waals surface area contributed by atoms with Gasteiger partial charge >= 0.3 is 0 Å². The van der Waals surface area contributed by atoms with Gasteiger partial charge in [-0.3, -0.25) is 4.79 Å². The molecule has 128 valence electrons. The molecular weight excluding hydrogens is 304 g/mol. The molecule has 0 unspecified atom stereocenters. The molecule has 5 heteroatoms. The van der Waals surface area contributed by atoms with Crippen LogP contribution in [0.1, 0.15) is 41.4 Å². The Bertz CT molecular complexity index is 718. The van der Waals surface area contributed by atoms with Crippen LogP contribution < -0.4 is 4.74 Å². The SMILES string of the molecule is COc1ccc([C@@](C)(O)[C@@H]2CCCN2C(=O)c2cc[nH]c2C)cc1. The Balaban J connectivity index is 1.88. The lowest BCUT2D eigenvalue weighted by Crippen LogP contribution is -2.48. The molecular formula is C19H24N2O3. The van der Waals surface area contributed by atoms with Gasteiger partial charge in [0.05, 0.1) is 18.7 Å². The summed E-state index contributed by atoms with van der Waals surface area (Å²) in [6.45, 7) is 4.34. The summed E-state index contributed by atoms with van der Waals surface area (Å²) in [7, 11) is 1.61. The standard InChI is InChI=1S/C19H24N2O3/c1-13-16(10-11-20-13)18(22)21-12-4-5-17(21)19(2,23)14-6-8-15(24-3)9-7-14/h6-11,17,20,23H,4-5,12H2,1-3H3/t17-,19+/m0/s1. The Labute approximate surface area is 142 Å². The van der Waals surface area contributed by atoms with Crippen LogP contribution in [0.4, 0.5) is 0 Å². The van der Waals surface area contributed by atoms with Crippen LogP contribution in [0, 0.1) is 6.92 Å². The number of hydrogen-bond donors (Lipinski definition) is 2. The number of ether oxygens (including phenoxy) is 1. The number of hydrogen-bond acceptors (Lipinski definition) is 3. The monoisotopic (exact) mass is 328 g/mol. The van der Waals surface area contributed by atoms with Crippen LogP contribution in [0.3, 0.4) is 0 Å². The molecule has 1 saturated heterocycles. The van der Waals surface area contributed by atoms with Gasteiger partial charge in [0.1, 0.15) is 11.4 Å². The van der Waals surface area contributed by atoms with Crippen LogP contribution in [0.5, 0.6) is 5.75 Å². The second-order valence-electron chi connectivity index (χ2n) is 6.55. The number of aliphatic hydroxyl groups is 1. The van der Waals surface area contributed by atoms with E-state index in [2.05, 4.69) is 4.98 Å². The van der Waals surface area contributed by atoms with E-state index in [0.717, 1.165) is 29.8 Å². The fourth-order valence-electron chi connectivity index (χ4n) is 3.55. The number of aromatic nitrogens is 1. The molecule has 1 fully saturated rings. The van der Waals surface area contributed by atoms with Crippen molar-refractivity contribution in [2.24, 2.45) is 0 Å². The second-order valence-corrected chi connectivity index (χ2v) is 6.55. The van der Waals surface area contributed by atoms with Crippen LogP contribution >= 0.6 is 0 Å². The van der Waals surface area contributed by atoms with E-state index in [-0.39, 0.29) is 11.9 Å². The predicted octanol–water partition coefficient (Wildman–Crippen LogP) is 2.84. The Hall–Kier alpha value is -2.27. The number of nitrogens with zero attached hydrogens (tertiary/aromatic N) is 1. The molecule has 3 rings (SSSR count). The lowest BCUT2D eigenvalue weighted by molar-refractivity contribution is -0.0177. The molecule has 0 saturated carbocycles. The number of carbonyl (C=O) groups is 1. The first kappa shape index (κ1) is 16.6. The Kier molecular flexibility index (Phi) is 4.37. The summed E-state index contributed by atoms with van der Waals surface area (Å²) in [5.41, 5.74) is 1.21. The van der Waals surface area contributed by atoms with Crippen molar-refractivity contribution < 1.29 is 14.6 Å². The zero-order valence-corrected chi connectivity index (χ0v) is 14.4. The van der Waals surface area contributed by atoms with Crippen LogP contribution in [0.25, 0.3) is 0 Å². The summed E-state index contributed by atoms with van der Waals surface area (Å²) in [6.07, 6.45) is 3.45. The van der Waals surface area contributed by atoms with Crippen molar-refractivity contribution in [3.05, 3.63) is 53.3 Å². The lowest BCUT2D eigenvalue weighted by atomic mass is 9.86. The van der Waals surface area contributed by atoms with E-state index in [0.29, 0.717) is 12.1 Å². The number of benzene rings is 1. The van der Waals surface area contributed by atoms with Crippen molar-refractivity contribution in [1.82, 2.24) is 9.88 Å². The molecule has 0 bridgehead atoms. The van der Waals surface area contributed by atoms with E-state index in [4.69, 9.17) is 4.74 Å². The summed E-state index contributed by atoms with van der Waals surface area (Å²) in [4.78, 5) is 17.7. The number of amides is 1. The summed E-state index contributed by atoms with van der Waals surface area (Å²) < 4.78 is 5.18. The van der Waals surface area contributed by atoms with Crippen LogP contribution in [-0.2, 0) is 5.60 Å². The number of aryl methyl sites for hydroxylation is 1. The topological polar surface area (TPSA) is 65.6 Å². The third-order valence-electron chi connectivity index (χ3n) is 5.02. The molecule has 2 atom stereocenters. The third kappa shape index (κ3) is 2.80. The van der Waals surface area contributed by atoms with Crippen molar-refractivity contribution in [2.75, 3.05) is 13.7 Å². The first-order valence-electron chi connectivity index (χ1n) is 8.27. The second kappa shape index (κ2) is 6.32.